The van der Waals surface area contributed by atoms with Gasteiger partial charge in [0.25, 0.3) is 0 Å². The van der Waals surface area contributed by atoms with Crippen LogP contribution in [0, 0.1) is 11.8 Å². The Morgan fingerprint density at radius 2 is 2.22 bits per heavy atom. The third-order valence-electron chi connectivity index (χ3n) is 4.39. The van der Waals surface area contributed by atoms with Gasteiger partial charge in [0.15, 0.2) is 0 Å². The molecule has 0 radical (unpaired) electrons. The van der Waals surface area contributed by atoms with Crippen LogP contribution in [0.3, 0.4) is 0 Å². The minimum atomic E-state index is -0.501. The molecule has 2 fully saturated rings. The predicted molar refractivity (Wildman–Crippen MR) is 69.3 cm³/mol. The second kappa shape index (κ2) is 4.52. The van der Waals surface area contributed by atoms with Crippen LogP contribution in [-0.4, -0.2) is 34.4 Å². The van der Waals surface area contributed by atoms with Gasteiger partial charge in [-0.15, -0.1) is 0 Å². The standard InChI is InChI=1S/C14H20N2O2/c1-9(17)11-3-2-6-15-14(11)16-7-10-4-5-13(18)12(10)8-16/h2-3,6,9-10,12-13,17-18H,4-5,7-8H2,1H3/t9-,10?,12?,13?/m0/s1. The van der Waals surface area contributed by atoms with Crippen molar-refractivity contribution in [2.24, 2.45) is 11.8 Å². The summed E-state index contributed by atoms with van der Waals surface area (Å²) in [6.07, 6.45) is 3.16. The van der Waals surface area contributed by atoms with E-state index in [1.807, 2.05) is 12.1 Å². The molecule has 2 heterocycles. The SMILES string of the molecule is C[C@H](O)c1cccnc1N1CC2CCC(O)C2C1. The molecular weight excluding hydrogens is 228 g/mol. The van der Waals surface area contributed by atoms with Gasteiger partial charge < -0.3 is 15.1 Å². The van der Waals surface area contributed by atoms with Crippen molar-refractivity contribution in [1.82, 2.24) is 4.98 Å². The Balaban J connectivity index is 1.85. The molecule has 0 bridgehead atoms. The summed E-state index contributed by atoms with van der Waals surface area (Å²) in [7, 11) is 0. The summed E-state index contributed by atoms with van der Waals surface area (Å²) >= 11 is 0. The minimum absolute atomic E-state index is 0.154. The van der Waals surface area contributed by atoms with E-state index in [2.05, 4.69) is 9.88 Å². The van der Waals surface area contributed by atoms with E-state index < -0.39 is 6.10 Å². The highest BCUT2D eigenvalue weighted by atomic mass is 16.3. The fraction of sp³-hybridized carbons (Fsp3) is 0.643. The van der Waals surface area contributed by atoms with Gasteiger partial charge in [-0.2, -0.15) is 0 Å². The molecule has 0 spiro atoms. The molecule has 18 heavy (non-hydrogen) atoms. The largest absolute Gasteiger partial charge is 0.393 e. The average molecular weight is 248 g/mol. The lowest BCUT2D eigenvalue weighted by atomic mass is 10.00. The van der Waals surface area contributed by atoms with E-state index in [4.69, 9.17) is 0 Å². The molecule has 0 amide bonds. The van der Waals surface area contributed by atoms with Crippen molar-refractivity contribution in [3.8, 4) is 0 Å². The van der Waals surface area contributed by atoms with Gasteiger partial charge in [-0.3, -0.25) is 0 Å². The third kappa shape index (κ3) is 1.89. The molecule has 1 aromatic heterocycles. The zero-order chi connectivity index (χ0) is 12.7. The summed E-state index contributed by atoms with van der Waals surface area (Å²) in [4.78, 5) is 6.64. The second-order valence-electron chi connectivity index (χ2n) is 5.57. The zero-order valence-corrected chi connectivity index (χ0v) is 10.7. The second-order valence-corrected chi connectivity index (χ2v) is 5.57. The lowest BCUT2D eigenvalue weighted by molar-refractivity contribution is 0.133. The lowest BCUT2D eigenvalue weighted by Crippen LogP contribution is -2.26. The average Bonchev–Trinajstić information content (AvgIpc) is 2.92. The van der Waals surface area contributed by atoms with E-state index in [1.165, 1.54) is 0 Å². The molecule has 3 rings (SSSR count). The molecule has 1 saturated carbocycles. The van der Waals surface area contributed by atoms with Crippen LogP contribution >= 0.6 is 0 Å². The molecule has 1 saturated heterocycles. The van der Waals surface area contributed by atoms with Gasteiger partial charge in [-0.05, 0) is 31.7 Å². The van der Waals surface area contributed by atoms with E-state index in [1.54, 1.807) is 13.1 Å². The Kier molecular flexibility index (Phi) is 2.99. The van der Waals surface area contributed by atoms with E-state index in [0.717, 1.165) is 37.3 Å². The van der Waals surface area contributed by atoms with Crippen LogP contribution in [0.5, 0.6) is 0 Å². The molecule has 98 valence electrons. The van der Waals surface area contributed by atoms with Gasteiger partial charge in [-0.1, -0.05) is 6.07 Å². The van der Waals surface area contributed by atoms with Crippen LogP contribution in [0.2, 0.25) is 0 Å². The first kappa shape index (κ1) is 11.9. The molecule has 1 aliphatic carbocycles. The fourth-order valence-electron chi connectivity index (χ4n) is 3.41. The quantitative estimate of drug-likeness (QED) is 0.829. The number of fused-ring (bicyclic) bond motifs is 1. The maximum absolute atomic E-state index is 9.95. The van der Waals surface area contributed by atoms with E-state index in [0.29, 0.717) is 11.8 Å². The summed E-state index contributed by atoms with van der Waals surface area (Å²) < 4.78 is 0. The number of nitrogens with zero attached hydrogens (tertiary/aromatic N) is 2. The van der Waals surface area contributed by atoms with Crippen molar-refractivity contribution in [1.29, 1.82) is 0 Å². The van der Waals surface area contributed by atoms with Crippen molar-refractivity contribution in [3.63, 3.8) is 0 Å². The van der Waals surface area contributed by atoms with E-state index in [9.17, 15) is 10.2 Å². The normalized spacial score (nSPS) is 32.6. The van der Waals surface area contributed by atoms with Crippen LogP contribution in [0.15, 0.2) is 18.3 Å². The van der Waals surface area contributed by atoms with E-state index in [-0.39, 0.29) is 6.10 Å². The van der Waals surface area contributed by atoms with Crippen LogP contribution in [0.25, 0.3) is 0 Å². The number of pyridine rings is 1. The van der Waals surface area contributed by atoms with Gasteiger partial charge in [0.1, 0.15) is 5.82 Å². The third-order valence-corrected chi connectivity index (χ3v) is 4.39. The summed E-state index contributed by atoms with van der Waals surface area (Å²) in [6, 6.07) is 3.79. The van der Waals surface area contributed by atoms with Crippen molar-refractivity contribution in [2.75, 3.05) is 18.0 Å². The Morgan fingerprint density at radius 1 is 1.39 bits per heavy atom. The van der Waals surface area contributed by atoms with Gasteiger partial charge in [0, 0.05) is 30.8 Å². The van der Waals surface area contributed by atoms with Gasteiger partial charge in [0.2, 0.25) is 0 Å². The number of aliphatic hydroxyl groups is 2. The number of aliphatic hydroxyl groups excluding tert-OH is 2. The Labute approximate surface area is 107 Å². The molecule has 4 atom stereocenters. The Bertz CT molecular complexity index is 436. The van der Waals surface area contributed by atoms with Crippen molar-refractivity contribution in [3.05, 3.63) is 23.9 Å². The molecule has 1 aliphatic heterocycles. The fourth-order valence-corrected chi connectivity index (χ4v) is 3.41. The first-order valence-corrected chi connectivity index (χ1v) is 6.73. The molecule has 0 aromatic carbocycles. The smallest absolute Gasteiger partial charge is 0.134 e. The highest BCUT2D eigenvalue weighted by molar-refractivity contribution is 5.49. The highest BCUT2D eigenvalue weighted by Crippen LogP contribution is 2.40. The van der Waals surface area contributed by atoms with E-state index >= 15 is 0 Å². The Morgan fingerprint density at radius 3 is 2.94 bits per heavy atom. The molecule has 2 aliphatic rings. The maximum atomic E-state index is 9.95. The zero-order valence-electron chi connectivity index (χ0n) is 10.7. The van der Waals surface area contributed by atoms with Crippen LogP contribution in [0.4, 0.5) is 5.82 Å². The summed E-state index contributed by atoms with van der Waals surface area (Å²) in [6.45, 7) is 3.59. The molecule has 4 heteroatoms. The van der Waals surface area contributed by atoms with Crippen LogP contribution in [-0.2, 0) is 0 Å². The molecular formula is C14H20N2O2. The van der Waals surface area contributed by atoms with Crippen LogP contribution < -0.4 is 4.90 Å². The van der Waals surface area contributed by atoms with Gasteiger partial charge >= 0.3 is 0 Å². The molecule has 1 aromatic rings. The molecule has 4 nitrogen and oxygen atoms in total. The minimum Gasteiger partial charge on any atom is -0.393 e. The number of aromatic nitrogens is 1. The number of anilines is 1. The van der Waals surface area contributed by atoms with Crippen molar-refractivity contribution >= 4 is 5.82 Å². The van der Waals surface area contributed by atoms with Crippen LogP contribution in [0.1, 0.15) is 31.4 Å². The highest BCUT2D eigenvalue weighted by Gasteiger charge is 2.42. The monoisotopic (exact) mass is 248 g/mol. The van der Waals surface area contributed by atoms with Crippen molar-refractivity contribution in [2.45, 2.75) is 32.0 Å². The number of hydrogen-bond acceptors (Lipinski definition) is 4. The first-order valence-electron chi connectivity index (χ1n) is 6.73. The van der Waals surface area contributed by atoms with Gasteiger partial charge in [0.05, 0.1) is 12.2 Å². The maximum Gasteiger partial charge on any atom is 0.134 e. The number of hydrogen-bond donors (Lipinski definition) is 2. The predicted octanol–water partition coefficient (Wildman–Crippen LogP) is 1.34. The summed E-state index contributed by atoms with van der Waals surface area (Å²) in [5.41, 5.74) is 0.881. The van der Waals surface area contributed by atoms with Crippen molar-refractivity contribution < 1.29 is 10.2 Å². The molecule has 3 unspecified atom stereocenters. The number of rotatable bonds is 2. The lowest BCUT2D eigenvalue weighted by Gasteiger charge is -2.23. The molecule has 2 N–H and O–H groups in total. The Hall–Kier alpha value is -1.13. The first-order chi connectivity index (χ1) is 8.66. The summed E-state index contributed by atoms with van der Waals surface area (Å²) in [5, 5.41) is 19.7. The van der Waals surface area contributed by atoms with Gasteiger partial charge in [-0.25, -0.2) is 4.98 Å². The topological polar surface area (TPSA) is 56.6 Å². The summed E-state index contributed by atoms with van der Waals surface area (Å²) in [5.74, 6) is 1.85.